The molecule has 3 aromatic rings. The predicted molar refractivity (Wildman–Crippen MR) is 134 cm³/mol. The summed E-state index contributed by atoms with van der Waals surface area (Å²) >= 11 is 6.31. The first-order valence-electron chi connectivity index (χ1n) is 10.6. The standard InChI is InChI=1S/C20H23ClFN5O4S.C2H6/c1-5-27(6-7-30-2)20-24-17(14-9-13(22)10-15(21)18(14)25-20)12-8-16(26-32(4,28)29)19(31-3)23-11-12;1-2/h8-11,26H,5-7H2,1-4H3;1-2H3. The fourth-order valence-electron chi connectivity index (χ4n) is 3.13. The molecule has 0 aliphatic heterocycles. The number of anilines is 2. The molecular weight excluding hydrogens is 485 g/mol. The number of methoxy groups -OCH3 is 2. The third-order valence-corrected chi connectivity index (χ3v) is 5.43. The quantitative estimate of drug-likeness (QED) is 0.449. The summed E-state index contributed by atoms with van der Waals surface area (Å²) in [5.41, 5.74) is 1.25. The largest absolute Gasteiger partial charge is 0.480 e. The number of aromatic nitrogens is 3. The maximum Gasteiger partial charge on any atom is 0.238 e. The highest BCUT2D eigenvalue weighted by Crippen LogP contribution is 2.35. The van der Waals surface area contributed by atoms with E-state index in [0.717, 1.165) is 6.26 Å². The second kappa shape index (κ2) is 12.1. The Morgan fingerprint density at radius 3 is 2.47 bits per heavy atom. The van der Waals surface area contributed by atoms with Gasteiger partial charge in [0.2, 0.25) is 21.9 Å². The highest BCUT2D eigenvalue weighted by atomic mass is 35.5. The van der Waals surface area contributed by atoms with E-state index in [0.29, 0.717) is 47.8 Å². The number of hydrogen-bond donors (Lipinski definition) is 1. The minimum Gasteiger partial charge on any atom is -0.480 e. The Kier molecular flexibility index (Phi) is 9.77. The van der Waals surface area contributed by atoms with Crippen molar-refractivity contribution in [2.75, 3.05) is 49.8 Å². The van der Waals surface area contributed by atoms with Crippen molar-refractivity contribution in [1.82, 2.24) is 15.0 Å². The number of fused-ring (bicyclic) bond motifs is 1. The Labute approximate surface area is 204 Å². The van der Waals surface area contributed by atoms with Crippen LogP contribution in [0.5, 0.6) is 5.88 Å². The number of nitrogens with one attached hydrogen (secondary N) is 1. The fourth-order valence-corrected chi connectivity index (χ4v) is 3.92. The predicted octanol–water partition coefficient (Wildman–Crippen LogP) is 4.36. The van der Waals surface area contributed by atoms with Crippen LogP contribution < -0.4 is 14.4 Å². The number of rotatable bonds is 9. The van der Waals surface area contributed by atoms with Crippen LogP contribution in [0.2, 0.25) is 5.02 Å². The number of ether oxygens (including phenoxy) is 2. The molecule has 0 fully saturated rings. The van der Waals surface area contributed by atoms with Gasteiger partial charge < -0.3 is 14.4 Å². The Morgan fingerprint density at radius 1 is 1.18 bits per heavy atom. The van der Waals surface area contributed by atoms with Crippen LogP contribution in [-0.2, 0) is 14.8 Å². The first kappa shape index (κ1) is 27.5. The van der Waals surface area contributed by atoms with E-state index in [4.69, 9.17) is 21.1 Å². The molecule has 0 radical (unpaired) electrons. The van der Waals surface area contributed by atoms with Gasteiger partial charge in [-0.1, -0.05) is 25.4 Å². The Bertz CT molecular complexity index is 1240. The molecule has 0 atom stereocenters. The van der Waals surface area contributed by atoms with Crippen LogP contribution in [0.1, 0.15) is 20.8 Å². The van der Waals surface area contributed by atoms with E-state index in [1.54, 1.807) is 7.11 Å². The van der Waals surface area contributed by atoms with Crippen LogP contribution in [-0.4, -0.2) is 63.5 Å². The third kappa shape index (κ3) is 6.64. The summed E-state index contributed by atoms with van der Waals surface area (Å²) in [7, 11) is -0.637. The molecule has 34 heavy (non-hydrogen) atoms. The average Bonchev–Trinajstić information content (AvgIpc) is 2.79. The van der Waals surface area contributed by atoms with Crippen molar-refractivity contribution in [3.8, 4) is 17.1 Å². The van der Waals surface area contributed by atoms with Gasteiger partial charge >= 0.3 is 0 Å². The lowest BCUT2D eigenvalue weighted by atomic mass is 10.1. The van der Waals surface area contributed by atoms with Crippen molar-refractivity contribution >= 4 is 44.2 Å². The molecule has 2 aromatic heterocycles. The molecule has 1 aromatic carbocycles. The molecule has 0 aliphatic rings. The van der Waals surface area contributed by atoms with Gasteiger partial charge in [-0.3, -0.25) is 4.72 Å². The average molecular weight is 514 g/mol. The van der Waals surface area contributed by atoms with E-state index in [1.807, 2.05) is 25.7 Å². The maximum absolute atomic E-state index is 14.2. The maximum atomic E-state index is 14.2. The number of pyridine rings is 1. The Hall–Kier alpha value is -2.76. The number of halogens is 2. The molecule has 9 nitrogen and oxygen atoms in total. The second-order valence-electron chi connectivity index (χ2n) is 6.88. The minimum atomic E-state index is -3.61. The van der Waals surface area contributed by atoms with Gasteiger partial charge in [-0.25, -0.2) is 27.8 Å². The molecule has 186 valence electrons. The van der Waals surface area contributed by atoms with Crippen molar-refractivity contribution in [2.24, 2.45) is 0 Å². The van der Waals surface area contributed by atoms with Crippen LogP contribution >= 0.6 is 11.6 Å². The highest BCUT2D eigenvalue weighted by molar-refractivity contribution is 7.92. The summed E-state index contributed by atoms with van der Waals surface area (Å²) in [6, 6.07) is 3.97. The minimum absolute atomic E-state index is 0.0808. The molecular formula is C22H29ClFN5O4S. The molecule has 0 unspecified atom stereocenters. The van der Waals surface area contributed by atoms with Crippen LogP contribution in [0.4, 0.5) is 16.0 Å². The lowest BCUT2D eigenvalue weighted by Crippen LogP contribution is -2.28. The number of nitrogens with zero attached hydrogens (tertiary/aromatic N) is 4. The van der Waals surface area contributed by atoms with E-state index >= 15 is 0 Å². The highest BCUT2D eigenvalue weighted by Gasteiger charge is 2.19. The smallest absolute Gasteiger partial charge is 0.238 e. The molecule has 0 bridgehead atoms. The van der Waals surface area contributed by atoms with E-state index in [9.17, 15) is 12.8 Å². The zero-order chi connectivity index (χ0) is 25.5. The molecule has 2 heterocycles. The molecule has 0 spiro atoms. The van der Waals surface area contributed by atoms with Crippen molar-refractivity contribution in [1.29, 1.82) is 0 Å². The summed E-state index contributed by atoms with van der Waals surface area (Å²) in [6.07, 6.45) is 2.48. The van der Waals surface area contributed by atoms with Crippen LogP contribution in [0.25, 0.3) is 22.2 Å². The number of likely N-dealkylation sites (N-methyl/N-ethyl adjacent to an activating group) is 1. The van der Waals surface area contributed by atoms with E-state index in [-0.39, 0.29) is 16.6 Å². The summed E-state index contributed by atoms with van der Waals surface area (Å²) in [6.45, 7) is 7.51. The fraction of sp³-hybridized carbons (Fsp3) is 0.409. The molecule has 0 amide bonds. The van der Waals surface area contributed by atoms with Gasteiger partial charge in [0.25, 0.3) is 0 Å². The number of benzene rings is 1. The van der Waals surface area contributed by atoms with E-state index in [2.05, 4.69) is 19.7 Å². The van der Waals surface area contributed by atoms with Crippen LogP contribution in [0, 0.1) is 5.82 Å². The molecule has 0 saturated carbocycles. The summed E-state index contributed by atoms with van der Waals surface area (Å²) in [4.78, 5) is 15.3. The molecule has 1 N–H and O–H groups in total. The zero-order valence-corrected chi connectivity index (χ0v) is 21.6. The van der Waals surface area contributed by atoms with Crippen molar-refractivity contribution in [3.63, 3.8) is 0 Å². The molecule has 0 saturated heterocycles. The van der Waals surface area contributed by atoms with E-state index < -0.39 is 15.8 Å². The number of sulfonamides is 1. The van der Waals surface area contributed by atoms with Crippen LogP contribution in [0.3, 0.4) is 0 Å². The SMILES string of the molecule is CC.CCN(CCOC)c1nc(-c2cnc(OC)c(NS(C)(=O)=O)c2)c2cc(F)cc(Cl)c2n1. The second-order valence-corrected chi connectivity index (χ2v) is 9.04. The third-order valence-electron chi connectivity index (χ3n) is 4.55. The van der Waals surface area contributed by atoms with Gasteiger partial charge in [0.15, 0.2) is 0 Å². The molecule has 0 aliphatic carbocycles. The summed E-state index contributed by atoms with van der Waals surface area (Å²) in [5.74, 6) is -0.103. The topological polar surface area (TPSA) is 107 Å². The lowest BCUT2D eigenvalue weighted by Gasteiger charge is -2.22. The molecule has 12 heteroatoms. The summed E-state index contributed by atoms with van der Waals surface area (Å²) in [5, 5.41) is 0.488. The van der Waals surface area contributed by atoms with Gasteiger partial charge in [-0.15, -0.1) is 0 Å². The number of hydrogen-bond acceptors (Lipinski definition) is 8. The van der Waals surface area contributed by atoms with Crippen LogP contribution in [0.15, 0.2) is 24.4 Å². The monoisotopic (exact) mass is 513 g/mol. The van der Waals surface area contributed by atoms with Gasteiger partial charge in [0.05, 0.1) is 36.2 Å². The Morgan fingerprint density at radius 2 is 1.88 bits per heavy atom. The molecule has 3 rings (SSSR count). The van der Waals surface area contributed by atoms with Gasteiger partial charge in [-0.05, 0) is 25.1 Å². The Balaban J connectivity index is 0.00000199. The van der Waals surface area contributed by atoms with Gasteiger partial charge in [0, 0.05) is 37.3 Å². The first-order valence-corrected chi connectivity index (χ1v) is 12.9. The van der Waals surface area contributed by atoms with E-state index in [1.165, 1.54) is 31.5 Å². The van der Waals surface area contributed by atoms with Crippen molar-refractivity contribution in [3.05, 3.63) is 35.2 Å². The van der Waals surface area contributed by atoms with Crippen molar-refractivity contribution < 1.29 is 22.3 Å². The summed E-state index contributed by atoms with van der Waals surface area (Å²) < 4.78 is 50.5. The van der Waals surface area contributed by atoms with Gasteiger partial charge in [-0.2, -0.15) is 0 Å². The van der Waals surface area contributed by atoms with Crippen molar-refractivity contribution in [2.45, 2.75) is 20.8 Å². The van der Waals surface area contributed by atoms with Gasteiger partial charge in [0.1, 0.15) is 11.5 Å². The lowest BCUT2D eigenvalue weighted by molar-refractivity contribution is 0.205. The zero-order valence-electron chi connectivity index (χ0n) is 20.0. The first-order chi connectivity index (χ1) is 16.2. The normalized spacial score (nSPS) is 11.1.